The van der Waals surface area contributed by atoms with Crippen molar-refractivity contribution < 1.29 is 19.1 Å². The molecule has 2 aromatic rings. The molecule has 1 atom stereocenters. The van der Waals surface area contributed by atoms with Crippen molar-refractivity contribution in [2.24, 2.45) is 5.92 Å². The highest BCUT2D eigenvalue weighted by molar-refractivity contribution is 6.36. The number of anilines is 1. The van der Waals surface area contributed by atoms with Crippen molar-refractivity contribution in [3.63, 3.8) is 0 Å². The maximum atomic E-state index is 12.8. The third kappa shape index (κ3) is 5.58. The van der Waals surface area contributed by atoms with E-state index in [0.717, 1.165) is 5.56 Å². The first-order valence-corrected chi connectivity index (χ1v) is 10.6. The van der Waals surface area contributed by atoms with Crippen molar-refractivity contribution in [3.8, 4) is 0 Å². The number of nitrogens with zero attached hydrogens (tertiary/aromatic N) is 3. The molecular weight excluding hydrogens is 396 g/mol. The number of Topliss-reactive ketones (excluding diaryl/α,β-unsaturated/α-hetero) is 1. The zero-order valence-corrected chi connectivity index (χ0v) is 18.3. The van der Waals surface area contributed by atoms with E-state index in [4.69, 9.17) is 4.74 Å². The summed E-state index contributed by atoms with van der Waals surface area (Å²) in [6.45, 7) is 4.84. The van der Waals surface area contributed by atoms with Crippen LogP contribution in [0.25, 0.3) is 0 Å². The highest BCUT2D eigenvalue weighted by Crippen LogP contribution is 2.27. The van der Waals surface area contributed by atoms with Gasteiger partial charge in [0.25, 0.3) is 11.8 Å². The number of carbonyl (C=O) groups is 3. The van der Waals surface area contributed by atoms with Gasteiger partial charge < -0.3 is 15.0 Å². The summed E-state index contributed by atoms with van der Waals surface area (Å²) in [5.74, 6) is -0.249. The molecule has 0 saturated carbocycles. The number of likely N-dealkylation sites (tertiary alicyclic amines) is 1. The molecule has 1 aliphatic heterocycles. The Balaban J connectivity index is 1.61. The second-order valence-corrected chi connectivity index (χ2v) is 8.22. The van der Waals surface area contributed by atoms with E-state index in [-0.39, 0.29) is 30.1 Å². The average Bonchev–Trinajstić information content (AvgIpc) is 3.22. The summed E-state index contributed by atoms with van der Waals surface area (Å²) in [5.41, 5.74) is 0.770. The molecule has 3 rings (SSSR count). The Morgan fingerprint density at radius 3 is 2.42 bits per heavy atom. The van der Waals surface area contributed by atoms with Gasteiger partial charge >= 0.3 is 0 Å². The quantitative estimate of drug-likeness (QED) is 0.655. The summed E-state index contributed by atoms with van der Waals surface area (Å²) in [5, 5.41) is 7.30. The molecule has 2 heterocycles. The lowest BCUT2D eigenvalue weighted by molar-refractivity contribution is -0.146. The Labute approximate surface area is 182 Å². The normalized spacial score (nSPS) is 15.7. The van der Waals surface area contributed by atoms with Gasteiger partial charge in [-0.05, 0) is 24.3 Å². The number of amides is 2. The van der Waals surface area contributed by atoms with Gasteiger partial charge in [0, 0.05) is 32.7 Å². The SMILES string of the molecule is COC(C(=O)Nc1ccnn1C1CCN(C(=O)C(=O)CC(C)C)CC1)c1ccccc1. The Morgan fingerprint density at radius 2 is 1.81 bits per heavy atom. The summed E-state index contributed by atoms with van der Waals surface area (Å²) < 4.78 is 7.19. The van der Waals surface area contributed by atoms with Crippen molar-refractivity contribution in [3.05, 3.63) is 48.2 Å². The number of rotatable bonds is 8. The second kappa shape index (κ2) is 10.3. The zero-order valence-electron chi connectivity index (χ0n) is 18.3. The van der Waals surface area contributed by atoms with Crippen LogP contribution in [-0.4, -0.2) is 52.5 Å². The van der Waals surface area contributed by atoms with Gasteiger partial charge in [-0.25, -0.2) is 4.68 Å². The number of piperidine rings is 1. The van der Waals surface area contributed by atoms with E-state index in [2.05, 4.69) is 10.4 Å². The molecule has 0 aliphatic carbocycles. The van der Waals surface area contributed by atoms with Gasteiger partial charge in [0.15, 0.2) is 6.10 Å². The minimum Gasteiger partial charge on any atom is -0.367 e. The molecule has 1 saturated heterocycles. The van der Waals surface area contributed by atoms with Gasteiger partial charge in [-0.3, -0.25) is 14.4 Å². The first-order valence-electron chi connectivity index (χ1n) is 10.6. The number of nitrogens with one attached hydrogen (secondary N) is 1. The van der Waals surface area contributed by atoms with Gasteiger partial charge in [0.05, 0.1) is 12.2 Å². The van der Waals surface area contributed by atoms with Crippen LogP contribution in [0, 0.1) is 5.92 Å². The molecule has 31 heavy (non-hydrogen) atoms. The fraction of sp³-hybridized carbons (Fsp3) is 0.478. The third-order valence-electron chi connectivity index (χ3n) is 5.43. The van der Waals surface area contributed by atoms with Crippen LogP contribution in [0.4, 0.5) is 5.82 Å². The number of hydrogen-bond donors (Lipinski definition) is 1. The number of aromatic nitrogens is 2. The van der Waals surface area contributed by atoms with Crippen molar-refractivity contribution in [2.75, 3.05) is 25.5 Å². The number of ketones is 1. The van der Waals surface area contributed by atoms with E-state index >= 15 is 0 Å². The molecule has 8 nitrogen and oxygen atoms in total. The fourth-order valence-corrected chi connectivity index (χ4v) is 3.87. The van der Waals surface area contributed by atoms with Crippen LogP contribution in [0.15, 0.2) is 42.6 Å². The van der Waals surface area contributed by atoms with E-state index in [1.165, 1.54) is 7.11 Å². The van der Waals surface area contributed by atoms with Crippen LogP contribution in [-0.2, 0) is 19.1 Å². The Kier molecular flexibility index (Phi) is 7.57. The smallest absolute Gasteiger partial charge is 0.289 e. The number of benzene rings is 1. The molecular formula is C23H30N4O4. The van der Waals surface area contributed by atoms with Crippen LogP contribution in [0.5, 0.6) is 0 Å². The van der Waals surface area contributed by atoms with Crippen LogP contribution >= 0.6 is 0 Å². The van der Waals surface area contributed by atoms with E-state index in [0.29, 0.717) is 31.7 Å². The molecule has 1 aromatic carbocycles. The lowest BCUT2D eigenvalue weighted by atomic mass is 10.0. The third-order valence-corrected chi connectivity index (χ3v) is 5.43. The summed E-state index contributed by atoms with van der Waals surface area (Å²) >= 11 is 0. The maximum Gasteiger partial charge on any atom is 0.289 e. The van der Waals surface area contributed by atoms with E-state index in [1.54, 1.807) is 21.8 Å². The molecule has 0 bridgehead atoms. The molecule has 0 radical (unpaired) electrons. The van der Waals surface area contributed by atoms with Gasteiger partial charge in [-0.1, -0.05) is 44.2 Å². The first-order chi connectivity index (χ1) is 14.9. The van der Waals surface area contributed by atoms with Crippen LogP contribution < -0.4 is 5.32 Å². The minimum absolute atomic E-state index is 0.0345. The first kappa shape index (κ1) is 22.7. The highest BCUT2D eigenvalue weighted by Gasteiger charge is 2.29. The van der Waals surface area contributed by atoms with Crippen molar-refractivity contribution in [2.45, 2.75) is 45.3 Å². The molecule has 1 aliphatic rings. The molecule has 1 N–H and O–H groups in total. The zero-order chi connectivity index (χ0) is 22.4. The Hall–Kier alpha value is -3.00. The molecule has 1 unspecified atom stereocenters. The largest absolute Gasteiger partial charge is 0.367 e. The molecule has 1 fully saturated rings. The number of carbonyl (C=O) groups excluding carboxylic acids is 3. The van der Waals surface area contributed by atoms with Crippen molar-refractivity contribution >= 4 is 23.4 Å². The van der Waals surface area contributed by atoms with Crippen LogP contribution in [0.3, 0.4) is 0 Å². The van der Waals surface area contributed by atoms with Crippen molar-refractivity contribution in [1.29, 1.82) is 0 Å². The highest BCUT2D eigenvalue weighted by atomic mass is 16.5. The average molecular weight is 427 g/mol. The molecule has 166 valence electrons. The maximum absolute atomic E-state index is 12.8. The van der Waals surface area contributed by atoms with Gasteiger partial charge in [0.1, 0.15) is 5.82 Å². The summed E-state index contributed by atoms with van der Waals surface area (Å²) in [6, 6.07) is 11.1. The standard InChI is InChI=1S/C23H30N4O4/c1-16(2)15-19(28)23(30)26-13-10-18(11-14-26)27-20(9-12-24-27)25-22(29)21(31-3)17-7-5-4-6-8-17/h4-9,12,16,18,21H,10-11,13-15H2,1-3H3,(H,25,29). The van der Waals surface area contributed by atoms with E-state index in [9.17, 15) is 14.4 Å². The number of ether oxygens (including phenoxy) is 1. The van der Waals surface area contributed by atoms with E-state index < -0.39 is 12.0 Å². The molecule has 8 heteroatoms. The Morgan fingerprint density at radius 1 is 1.13 bits per heavy atom. The minimum atomic E-state index is -0.726. The van der Waals surface area contributed by atoms with Gasteiger partial charge in [-0.2, -0.15) is 5.10 Å². The fourth-order valence-electron chi connectivity index (χ4n) is 3.87. The summed E-state index contributed by atoms with van der Waals surface area (Å²) in [7, 11) is 1.50. The number of hydrogen-bond acceptors (Lipinski definition) is 5. The lowest BCUT2D eigenvalue weighted by Gasteiger charge is -2.32. The monoisotopic (exact) mass is 426 g/mol. The summed E-state index contributed by atoms with van der Waals surface area (Å²) in [6.07, 6.45) is 2.52. The van der Waals surface area contributed by atoms with Crippen molar-refractivity contribution in [1.82, 2.24) is 14.7 Å². The molecule has 0 spiro atoms. The Bertz CT molecular complexity index is 901. The van der Waals surface area contributed by atoms with Crippen LogP contribution in [0.1, 0.15) is 50.8 Å². The van der Waals surface area contributed by atoms with Crippen LogP contribution in [0.2, 0.25) is 0 Å². The summed E-state index contributed by atoms with van der Waals surface area (Å²) in [4.78, 5) is 38.9. The molecule has 1 aromatic heterocycles. The van der Waals surface area contributed by atoms with E-state index in [1.807, 2.05) is 44.2 Å². The predicted octanol–water partition coefficient (Wildman–Crippen LogP) is 2.99. The lowest BCUT2D eigenvalue weighted by Crippen LogP contribution is -2.43. The van der Waals surface area contributed by atoms with Gasteiger partial charge in [-0.15, -0.1) is 0 Å². The number of methoxy groups -OCH3 is 1. The predicted molar refractivity (Wildman–Crippen MR) is 116 cm³/mol. The second-order valence-electron chi connectivity index (χ2n) is 8.22. The van der Waals surface area contributed by atoms with Gasteiger partial charge in [0.2, 0.25) is 5.78 Å². The topological polar surface area (TPSA) is 93.5 Å². The molecule has 2 amide bonds.